The topological polar surface area (TPSA) is 59.6 Å². The first-order chi connectivity index (χ1) is 18.7. The molecule has 2 N–H and O–H groups in total. The molecule has 0 spiro atoms. The van der Waals surface area contributed by atoms with E-state index in [0.29, 0.717) is 32.3 Å². The summed E-state index contributed by atoms with van der Waals surface area (Å²) in [5.41, 5.74) is 0. The Morgan fingerprint density at radius 2 is 1.00 bits per heavy atom. The third-order valence-electron chi connectivity index (χ3n) is 7.67. The van der Waals surface area contributed by atoms with Gasteiger partial charge in [-0.2, -0.15) is 0 Å². The van der Waals surface area contributed by atoms with E-state index in [0.717, 1.165) is 13.0 Å². The summed E-state index contributed by atoms with van der Waals surface area (Å²) in [4.78, 5) is 12.3. The molecular weight excluding hydrogens is 472 g/mol. The predicted molar refractivity (Wildman–Crippen MR) is 165 cm³/mol. The molecule has 0 saturated carbocycles. The van der Waals surface area contributed by atoms with Crippen molar-refractivity contribution in [2.24, 2.45) is 5.92 Å². The maximum absolute atomic E-state index is 12.3. The molecule has 0 aromatic heterocycles. The maximum atomic E-state index is 12.3. The Morgan fingerprint density at radius 1 is 0.553 bits per heavy atom. The molecule has 5 nitrogen and oxygen atoms in total. The van der Waals surface area contributed by atoms with Crippen molar-refractivity contribution in [3.05, 3.63) is 0 Å². The number of hydrogen-bond acceptors (Lipinski definition) is 3. The second kappa shape index (κ2) is 32.4. The van der Waals surface area contributed by atoms with Gasteiger partial charge < -0.3 is 20.1 Å². The first-order valence-corrected chi connectivity index (χ1v) is 16.8. The second-order valence-electron chi connectivity index (χ2n) is 11.4. The summed E-state index contributed by atoms with van der Waals surface area (Å²) < 4.78 is 10.4. The zero-order valence-corrected chi connectivity index (χ0v) is 26.1. The van der Waals surface area contributed by atoms with Gasteiger partial charge in [0.1, 0.15) is 0 Å². The van der Waals surface area contributed by atoms with Gasteiger partial charge in [-0.05, 0) is 25.2 Å². The number of carbonyl (C=O) groups is 1. The molecule has 38 heavy (non-hydrogen) atoms. The number of methoxy groups -OCH3 is 1. The van der Waals surface area contributed by atoms with E-state index in [1.54, 1.807) is 7.11 Å². The largest absolute Gasteiger partial charge is 0.382 e. The molecule has 0 radical (unpaired) electrons. The SMILES string of the molecule is CCCCCCCCCCCCC(CCCCCCCCCCCC)CNC(=O)NCCCOCCOC. The molecule has 0 rings (SSSR count). The van der Waals surface area contributed by atoms with Gasteiger partial charge in [-0.25, -0.2) is 4.79 Å². The zero-order valence-electron chi connectivity index (χ0n) is 26.1. The lowest BCUT2D eigenvalue weighted by Gasteiger charge is -2.18. The third kappa shape index (κ3) is 29.7. The molecule has 2 amide bonds. The lowest BCUT2D eigenvalue weighted by molar-refractivity contribution is 0.0697. The van der Waals surface area contributed by atoms with Gasteiger partial charge in [0.05, 0.1) is 13.2 Å². The van der Waals surface area contributed by atoms with Crippen molar-refractivity contribution < 1.29 is 14.3 Å². The van der Waals surface area contributed by atoms with Crippen LogP contribution in [0.2, 0.25) is 0 Å². The highest BCUT2D eigenvalue weighted by Gasteiger charge is 2.11. The van der Waals surface area contributed by atoms with E-state index < -0.39 is 0 Å². The number of urea groups is 1. The van der Waals surface area contributed by atoms with Crippen molar-refractivity contribution in [3.63, 3.8) is 0 Å². The molecule has 0 bridgehead atoms. The van der Waals surface area contributed by atoms with Gasteiger partial charge in [-0.3, -0.25) is 0 Å². The summed E-state index contributed by atoms with van der Waals surface area (Å²) in [5.74, 6) is 0.612. The lowest BCUT2D eigenvalue weighted by atomic mass is 9.94. The number of nitrogens with one attached hydrogen (secondary N) is 2. The van der Waals surface area contributed by atoms with Crippen LogP contribution in [-0.2, 0) is 9.47 Å². The van der Waals surface area contributed by atoms with E-state index in [1.165, 1.54) is 141 Å². The number of carbonyl (C=O) groups excluding carboxylic acids is 1. The molecule has 0 aromatic carbocycles. The Balaban J connectivity index is 4.03. The smallest absolute Gasteiger partial charge is 0.314 e. The summed E-state index contributed by atoms with van der Waals surface area (Å²) in [6.07, 6.45) is 31.0. The van der Waals surface area contributed by atoms with Crippen molar-refractivity contribution >= 4 is 6.03 Å². The Morgan fingerprint density at radius 3 is 1.45 bits per heavy atom. The van der Waals surface area contributed by atoms with Crippen LogP contribution in [0.1, 0.15) is 162 Å². The van der Waals surface area contributed by atoms with E-state index in [4.69, 9.17) is 9.47 Å². The van der Waals surface area contributed by atoms with Crippen molar-refractivity contribution in [3.8, 4) is 0 Å². The molecule has 0 heterocycles. The van der Waals surface area contributed by atoms with Crippen LogP contribution in [0.4, 0.5) is 4.79 Å². The summed E-state index contributed by atoms with van der Waals surface area (Å²) in [7, 11) is 1.68. The summed E-state index contributed by atoms with van der Waals surface area (Å²) in [6.45, 7) is 7.92. The Hall–Kier alpha value is -0.810. The minimum atomic E-state index is -0.0296. The van der Waals surface area contributed by atoms with Gasteiger partial charge in [0.25, 0.3) is 0 Å². The van der Waals surface area contributed by atoms with E-state index in [1.807, 2.05) is 0 Å². The molecular formula is C33H68N2O3. The quantitative estimate of drug-likeness (QED) is 0.0860. The number of rotatable bonds is 31. The van der Waals surface area contributed by atoms with Crippen LogP contribution in [0.25, 0.3) is 0 Å². The van der Waals surface area contributed by atoms with Gasteiger partial charge in [0.2, 0.25) is 0 Å². The molecule has 0 fully saturated rings. The number of amides is 2. The highest BCUT2D eigenvalue weighted by Crippen LogP contribution is 2.19. The van der Waals surface area contributed by atoms with E-state index >= 15 is 0 Å². The van der Waals surface area contributed by atoms with Crippen LogP contribution >= 0.6 is 0 Å². The summed E-state index contributed by atoms with van der Waals surface area (Å²) in [5, 5.41) is 6.14. The van der Waals surface area contributed by atoms with Crippen LogP contribution in [0, 0.1) is 5.92 Å². The fraction of sp³-hybridized carbons (Fsp3) is 0.970. The Bertz CT molecular complexity index is 438. The van der Waals surface area contributed by atoms with E-state index in [9.17, 15) is 4.79 Å². The van der Waals surface area contributed by atoms with Gasteiger partial charge in [0, 0.05) is 26.8 Å². The zero-order chi connectivity index (χ0) is 27.8. The second-order valence-corrected chi connectivity index (χ2v) is 11.4. The molecule has 0 aliphatic heterocycles. The summed E-state index contributed by atoms with van der Waals surface area (Å²) in [6, 6.07) is -0.0296. The van der Waals surface area contributed by atoms with E-state index in [2.05, 4.69) is 24.5 Å². The molecule has 5 heteroatoms. The Labute approximate surface area is 238 Å². The van der Waals surface area contributed by atoms with Crippen molar-refractivity contribution in [1.29, 1.82) is 0 Å². The fourth-order valence-electron chi connectivity index (χ4n) is 5.11. The molecule has 0 aromatic rings. The summed E-state index contributed by atoms with van der Waals surface area (Å²) >= 11 is 0. The maximum Gasteiger partial charge on any atom is 0.314 e. The fourth-order valence-corrected chi connectivity index (χ4v) is 5.11. The normalized spacial score (nSPS) is 11.4. The van der Waals surface area contributed by atoms with Crippen molar-refractivity contribution in [1.82, 2.24) is 10.6 Å². The third-order valence-corrected chi connectivity index (χ3v) is 7.67. The van der Waals surface area contributed by atoms with E-state index in [-0.39, 0.29) is 6.03 Å². The minimum absolute atomic E-state index is 0.0296. The predicted octanol–water partition coefficient (Wildman–Crippen LogP) is 9.58. The van der Waals surface area contributed by atoms with Crippen LogP contribution in [0.5, 0.6) is 0 Å². The van der Waals surface area contributed by atoms with Crippen LogP contribution in [0.3, 0.4) is 0 Å². The molecule has 0 atom stereocenters. The molecule has 0 aliphatic carbocycles. The number of ether oxygens (including phenoxy) is 2. The van der Waals surface area contributed by atoms with Crippen LogP contribution < -0.4 is 10.6 Å². The monoisotopic (exact) mass is 541 g/mol. The highest BCUT2D eigenvalue weighted by molar-refractivity contribution is 5.73. The van der Waals surface area contributed by atoms with Crippen molar-refractivity contribution in [2.75, 3.05) is 40.0 Å². The van der Waals surface area contributed by atoms with Gasteiger partial charge >= 0.3 is 6.03 Å². The average Bonchev–Trinajstić information content (AvgIpc) is 2.92. The number of hydrogen-bond donors (Lipinski definition) is 2. The standard InChI is InChI=1S/C33H68N2O3/c1-4-6-8-10-12-14-16-18-20-22-25-32(26-23-21-19-17-15-13-11-9-7-5-2)31-35-33(36)34-27-24-28-38-30-29-37-3/h32H,4-31H2,1-3H3,(H2,34,35,36). The van der Waals surface area contributed by atoms with Gasteiger partial charge in [-0.15, -0.1) is 0 Å². The number of unbranched alkanes of at least 4 members (excludes halogenated alkanes) is 18. The van der Waals surface area contributed by atoms with Crippen molar-refractivity contribution in [2.45, 2.75) is 162 Å². The highest BCUT2D eigenvalue weighted by atomic mass is 16.5. The lowest BCUT2D eigenvalue weighted by Crippen LogP contribution is -2.39. The van der Waals surface area contributed by atoms with Crippen LogP contribution in [-0.4, -0.2) is 46.1 Å². The molecule has 0 unspecified atom stereocenters. The first-order valence-electron chi connectivity index (χ1n) is 16.8. The molecule has 0 saturated heterocycles. The average molecular weight is 541 g/mol. The first kappa shape index (κ1) is 37.2. The van der Waals surface area contributed by atoms with Gasteiger partial charge in [0.15, 0.2) is 0 Å². The van der Waals surface area contributed by atoms with Gasteiger partial charge in [-0.1, -0.05) is 142 Å². The molecule has 0 aliphatic rings. The minimum Gasteiger partial charge on any atom is -0.382 e. The molecule has 228 valence electrons. The Kier molecular flexibility index (Phi) is 31.7. The van der Waals surface area contributed by atoms with Crippen LogP contribution in [0.15, 0.2) is 0 Å².